The number of carbonyl (C=O) groups excluding carboxylic acids is 2. The lowest BCUT2D eigenvalue weighted by Gasteiger charge is -2.57. The summed E-state index contributed by atoms with van der Waals surface area (Å²) in [5, 5.41) is 0. The van der Waals surface area contributed by atoms with Crippen molar-refractivity contribution in [2.24, 2.45) is 40.4 Å². The number of nitrogens with zero attached hydrogens (tertiary/aromatic N) is 2. The Hall–Kier alpha value is -1.97. The van der Waals surface area contributed by atoms with Crippen LogP contribution in [0, 0.1) is 40.4 Å². The molecule has 0 aromatic carbocycles. The normalized spacial score (nSPS) is 47.5. The Morgan fingerprint density at radius 1 is 1.29 bits per heavy atom. The van der Waals surface area contributed by atoms with Crippen LogP contribution < -0.4 is 0 Å². The largest absolute Gasteiger partial charge is 0.300 e. The summed E-state index contributed by atoms with van der Waals surface area (Å²) in [7, 11) is 0. The molecule has 0 saturated heterocycles. The molecule has 2 heterocycles. The number of pyridine rings is 1. The summed E-state index contributed by atoms with van der Waals surface area (Å²) in [6.07, 6.45) is 5.00. The van der Waals surface area contributed by atoms with Gasteiger partial charge in [-0.1, -0.05) is 6.07 Å². The SMILES string of the molecule is CC(=O)Cc1cn2c(C(=O)C3C4C5CC6CC7C65C347)cccc2n1. The van der Waals surface area contributed by atoms with Gasteiger partial charge in [-0.25, -0.2) is 4.98 Å². The Balaban J connectivity index is 1.30. The fourth-order valence-electron chi connectivity index (χ4n) is 8.01. The molecule has 2 aromatic rings. The summed E-state index contributed by atoms with van der Waals surface area (Å²) >= 11 is 0. The van der Waals surface area contributed by atoms with E-state index in [4.69, 9.17) is 0 Å². The maximum Gasteiger partial charge on any atom is 0.183 e. The number of rotatable bonds is 4. The van der Waals surface area contributed by atoms with Gasteiger partial charge in [0, 0.05) is 18.5 Å². The van der Waals surface area contributed by atoms with Crippen molar-refractivity contribution in [3.63, 3.8) is 0 Å². The number of hydrogen-bond donors (Lipinski definition) is 0. The first-order valence-electron chi connectivity index (χ1n) is 9.12. The topological polar surface area (TPSA) is 51.4 Å². The van der Waals surface area contributed by atoms with Gasteiger partial charge in [-0.3, -0.25) is 14.0 Å². The van der Waals surface area contributed by atoms with Gasteiger partial charge in [0.15, 0.2) is 5.78 Å². The fraction of sp³-hybridized carbons (Fsp3) is 0.550. The highest BCUT2D eigenvalue weighted by Crippen LogP contribution is 3.13. The summed E-state index contributed by atoms with van der Waals surface area (Å²) in [5.41, 5.74) is 3.40. The van der Waals surface area contributed by atoms with Crippen molar-refractivity contribution in [3.05, 3.63) is 35.8 Å². The highest BCUT2D eigenvalue weighted by Gasteiger charge is 3.11. The van der Waals surface area contributed by atoms with Crippen LogP contribution >= 0.6 is 0 Å². The predicted octanol–water partition coefficient (Wildman–Crippen LogP) is 2.55. The smallest absolute Gasteiger partial charge is 0.183 e. The monoisotopic (exact) mass is 318 g/mol. The zero-order valence-electron chi connectivity index (χ0n) is 13.5. The van der Waals surface area contributed by atoms with Crippen LogP contribution in [0.5, 0.6) is 0 Å². The van der Waals surface area contributed by atoms with E-state index >= 15 is 0 Å². The zero-order chi connectivity index (χ0) is 16.0. The zero-order valence-corrected chi connectivity index (χ0v) is 13.5. The number of hydrogen-bond acceptors (Lipinski definition) is 3. The molecule has 5 aliphatic rings. The lowest BCUT2D eigenvalue weighted by Crippen LogP contribution is -2.52. The number of imidazole rings is 1. The van der Waals surface area contributed by atoms with Crippen LogP contribution in [0.2, 0.25) is 0 Å². The van der Waals surface area contributed by atoms with Crippen LogP contribution in [-0.2, 0) is 11.2 Å². The first-order chi connectivity index (χ1) is 11.6. The highest BCUT2D eigenvalue weighted by atomic mass is 16.1. The maximum absolute atomic E-state index is 13.3. The van der Waals surface area contributed by atoms with E-state index in [2.05, 4.69) is 4.98 Å². The van der Waals surface area contributed by atoms with Crippen LogP contribution in [0.3, 0.4) is 0 Å². The number of ketones is 2. The molecule has 4 nitrogen and oxygen atoms in total. The molecule has 0 amide bonds. The number of Topliss-reactive ketones (excluding diaryl/α,β-unsaturated/α-hetero) is 2. The molecular formula is C20H18N2O2. The average molecular weight is 318 g/mol. The van der Waals surface area contributed by atoms with Crippen molar-refractivity contribution in [2.75, 3.05) is 0 Å². The van der Waals surface area contributed by atoms with Crippen LogP contribution in [0.15, 0.2) is 24.4 Å². The van der Waals surface area contributed by atoms with Crippen molar-refractivity contribution in [2.45, 2.75) is 26.2 Å². The standard InChI is InChI=1S/C20H18N2O2/c1-9(23)5-11-8-22-13(3-2-4-15(22)21-11)18(24)17-16-12-6-10-7-14-19(10,12)20(14,16)17/h2-4,8,10,12,14,16-17H,5-7H2,1H3. The minimum absolute atomic E-state index is 0.0988. The number of carbonyl (C=O) groups is 2. The third-order valence-corrected chi connectivity index (χ3v) is 8.42. The molecule has 5 saturated carbocycles. The molecule has 2 spiro atoms. The minimum atomic E-state index is 0.0988. The Morgan fingerprint density at radius 3 is 2.88 bits per heavy atom. The lowest BCUT2D eigenvalue weighted by molar-refractivity contribution is -0.116. The molecule has 7 atom stereocenters. The van der Waals surface area contributed by atoms with Gasteiger partial charge >= 0.3 is 0 Å². The molecule has 120 valence electrons. The molecule has 24 heavy (non-hydrogen) atoms. The average Bonchev–Trinajstić information content (AvgIpc) is 3.21. The van der Waals surface area contributed by atoms with E-state index in [-0.39, 0.29) is 11.7 Å². The number of fused-ring (bicyclic) bond motifs is 2. The van der Waals surface area contributed by atoms with Crippen molar-refractivity contribution < 1.29 is 9.59 Å². The van der Waals surface area contributed by atoms with Crippen LogP contribution in [0.25, 0.3) is 5.65 Å². The molecular weight excluding hydrogens is 300 g/mol. The predicted molar refractivity (Wildman–Crippen MR) is 85.5 cm³/mol. The second-order valence-electron chi connectivity index (χ2n) is 8.81. The summed E-state index contributed by atoms with van der Waals surface area (Å²) in [6, 6.07) is 5.77. The minimum Gasteiger partial charge on any atom is -0.300 e. The third-order valence-electron chi connectivity index (χ3n) is 8.42. The van der Waals surface area contributed by atoms with Crippen LogP contribution in [-0.4, -0.2) is 21.0 Å². The van der Waals surface area contributed by atoms with Gasteiger partial charge in [-0.05, 0) is 66.4 Å². The molecule has 7 rings (SSSR count). The summed E-state index contributed by atoms with van der Waals surface area (Å²) in [4.78, 5) is 29.2. The van der Waals surface area contributed by atoms with Crippen LogP contribution in [0.1, 0.15) is 35.9 Å². The quantitative estimate of drug-likeness (QED) is 0.814. The summed E-state index contributed by atoms with van der Waals surface area (Å²) in [5.74, 6) is 4.14. The van der Waals surface area contributed by atoms with E-state index in [1.54, 1.807) is 6.92 Å². The maximum atomic E-state index is 13.3. The molecule has 4 heteroatoms. The van der Waals surface area contributed by atoms with Gasteiger partial charge in [0.1, 0.15) is 11.4 Å². The second-order valence-corrected chi connectivity index (χ2v) is 8.81. The van der Waals surface area contributed by atoms with Gasteiger partial charge in [0.2, 0.25) is 0 Å². The number of aromatic nitrogens is 2. The molecule has 5 aliphatic carbocycles. The highest BCUT2D eigenvalue weighted by molar-refractivity contribution is 6.02. The Bertz CT molecular complexity index is 996. The molecule has 0 aliphatic heterocycles. The first kappa shape index (κ1) is 12.4. The second kappa shape index (κ2) is 3.24. The molecule has 0 N–H and O–H groups in total. The van der Waals surface area contributed by atoms with E-state index in [1.165, 1.54) is 12.8 Å². The Labute approximate surface area is 139 Å². The van der Waals surface area contributed by atoms with E-state index in [1.807, 2.05) is 28.8 Å². The van der Waals surface area contributed by atoms with E-state index < -0.39 is 0 Å². The van der Waals surface area contributed by atoms with Crippen molar-refractivity contribution >= 4 is 17.2 Å². The van der Waals surface area contributed by atoms with Gasteiger partial charge in [0.25, 0.3) is 0 Å². The van der Waals surface area contributed by atoms with Gasteiger partial charge in [-0.15, -0.1) is 0 Å². The third kappa shape index (κ3) is 0.915. The van der Waals surface area contributed by atoms with Crippen molar-refractivity contribution in [1.29, 1.82) is 0 Å². The Morgan fingerprint density at radius 2 is 2.17 bits per heavy atom. The van der Waals surface area contributed by atoms with Crippen molar-refractivity contribution in [3.8, 4) is 0 Å². The first-order valence-corrected chi connectivity index (χ1v) is 9.12. The van der Waals surface area contributed by atoms with E-state index in [0.717, 1.165) is 34.8 Å². The van der Waals surface area contributed by atoms with Gasteiger partial charge in [0.05, 0.1) is 11.4 Å². The fourth-order valence-corrected chi connectivity index (χ4v) is 8.01. The van der Waals surface area contributed by atoms with Crippen LogP contribution in [0.4, 0.5) is 0 Å². The lowest BCUT2D eigenvalue weighted by atomic mass is 9.46. The van der Waals surface area contributed by atoms with E-state index in [9.17, 15) is 9.59 Å². The molecule has 7 unspecified atom stereocenters. The van der Waals surface area contributed by atoms with E-state index in [0.29, 0.717) is 29.0 Å². The Kier molecular flexibility index (Phi) is 1.67. The summed E-state index contributed by atoms with van der Waals surface area (Å²) < 4.78 is 1.91. The van der Waals surface area contributed by atoms with Gasteiger partial charge in [-0.2, -0.15) is 0 Å². The molecule has 2 aromatic heterocycles. The van der Waals surface area contributed by atoms with Crippen molar-refractivity contribution in [1.82, 2.24) is 9.38 Å². The molecule has 0 bridgehead atoms. The van der Waals surface area contributed by atoms with Gasteiger partial charge < -0.3 is 0 Å². The molecule has 5 fully saturated rings. The molecule has 0 radical (unpaired) electrons. The summed E-state index contributed by atoms with van der Waals surface area (Å²) in [6.45, 7) is 1.57.